The summed E-state index contributed by atoms with van der Waals surface area (Å²) in [6, 6.07) is 0. The van der Waals surface area contributed by atoms with Crippen LogP contribution in [0, 0.1) is 0 Å². The summed E-state index contributed by atoms with van der Waals surface area (Å²) in [6.45, 7) is 0.480. The Labute approximate surface area is 75.8 Å². The molecule has 5 nitrogen and oxygen atoms in total. The average Bonchev–Trinajstić information content (AvgIpc) is 2.61. The maximum atomic E-state index is 10.9. The zero-order valence-electron chi connectivity index (χ0n) is 7.36. The number of carbonyl (C=O) groups is 2. The lowest BCUT2D eigenvalue weighted by molar-refractivity contribution is -0.120. The Morgan fingerprint density at radius 2 is 2.54 bits per heavy atom. The minimum absolute atomic E-state index is 0.0504. The average molecular weight is 181 g/mol. The van der Waals surface area contributed by atoms with Crippen LogP contribution in [0.4, 0.5) is 0 Å². The van der Waals surface area contributed by atoms with Gasteiger partial charge in [0.15, 0.2) is 6.29 Å². The summed E-state index contributed by atoms with van der Waals surface area (Å²) in [6.07, 6.45) is 4.08. The molecule has 0 saturated carbocycles. The van der Waals surface area contributed by atoms with E-state index in [1.807, 2.05) is 0 Å². The summed E-state index contributed by atoms with van der Waals surface area (Å²) in [5.74, 6) is -0.0504. The number of imidazole rings is 1. The first-order valence-corrected chi connectivity index (χ1v) is 3.94. The zero-order chi connectivity index (χ0) is 9.68. The molecule has 0 fully saturated rings. The number of carbonyl (C=O) groups excluding carboxylic acids is 2. The lowest BCUT2D eigenvalue weighted by Gasteiger charge is -2.02. The van der Waals surface area contributed by atoms with E-state index in [1.165, 1.54) is 12.5 Å². The smallest absolute Gasteiger partial charge is 0.221 e. The van der Waals surface area contributed by atoms with Crippen molar-refractivity contribution in [2.24, 2.45) is 0 Å². The van der Waals surface area contributed by atoms with E-state index in [-0.39, 0.29) is 5.91 Å². The fraction of sp³-hybridized carbons (Fsp3) is 0.375. The Morgan fingerprint density at radius 3 is 3.15 bits per heavy atom. The largest absolute Gasteiger partial charge is 0.359 e. The Balaban J connectivity index is 2.53. The van der Waals surface area contributed by atoms with Crippen molar-refractivity contribution >= 4 is 12.2 Å². The molecule has 0 radical (unpaired) electrons. The molecule has 0 aliphatic carbocycles. The predicted octanol–water partition coefficient (Wildman–Crippen LogP) is -0.168. The lowest BCUT2D eigenvalue weighted by atomic mass is 10.4. The number of hydrogen-bond donors (Lipinski definition) is 1. The quantitative estimate of drug-likeness (QED) is 0.656. The summed E-state index contributed by atoms with van der Waals surface area (Å²) in [5, 5.41) is 2.50. The van der Waals surface area contributed by atoms with Crippen molar-refractivity contribution in [1.29, 1.82) is 0 Å². The molecule has 0 aliphatic heterocycles. The topological polar surface area (TPSA) is 64.0 Å². The molecule has 13 heavy (non-hydrogen) atoms. The van der Waals surface area contributed by atoms with Gasteiger partial charge in [-0.25, -0.2) is 4.98 Å². The molecule has 5 heteroatoms. The third-order valence-electron chi connectivity index (χ3n) is 1.72. The molecule has 0 spiro atoms. The molecule has 0 bridgehead atoms. The highest BCUT2D eigenvalue weighted by Gasteiger charge is 2.02. The van der Waals surface area contributed by atoms with E-state index in [9.17, 15) is 9.59 Å². The van der Waals surface area contributed by atoms with Crippen LogP contribution in [0.1, 0.15) is 16.9 Å². The first-order valence-electron chi connectivity index (χ1n) is 3.94. The second-order valence-electron chi connectivity index (χ2n) is 2.55. The van der Waals surface area contributed by atoms with Gasteiger partial charge in [-0.3, -0.25) is 9.59 Å². The van der Waals surface area contributed by atoms with Crippen LogP contribution >= 0.6 is 0 Å². The second kappa shape index (κ2) is 4.39. The molecule has 1 aromatic heterocycles. The van der Waals surface area contributed by atoms with Crippen LogP contribution in [0.2, 0.25) is 0 Å². The van der Waals surface area contributed by atoms with Gasteiger partial charge in [-0.15, -0.1) is 0 Å². The first kappa shape index (κ1) is 9.44. The van der Waals surface area contributed by atoms with Crippen LogP contribution in [-0.2, 0) is 11.3 Å². The maximum absolute atomic E-state index is 10.9. The molecule has 1 amide bonds. The minimum Gasteiger partial charge on any atom is -0.359 e. The number of nitrogens with one attached hydrogen (secondary N) is 1. The van der Waals surface area contributed by atoms with Crippen molar-refractivity contribution in [3.8, 4) is 0 Å². The molecule has 1 aromatic rings. The van der Waals surface area contributed by atoms with Crippen LogP contribution < -0.4 is 5.32 Å². The Kier molecular flexibility index (Phi) is 3.19. The number of amides is 1. The molecule has 0 aliphatic rings. The molecule has 0 atom stereocenters. The van der Waals surface area contributed by atoms with E-state index in [0.717, 1.165) is 6.29 Å². The molecule has 1 heterocycles. The highest BCUT2D eigenvalue weighted by atomic mass is 16.1. The van der Waals surface area contributed by atoms with Crippen molar-refractivity contribution in [3.05, 3.63) is 18.2 Å². The summed E-state index contributed by atoms with van der Waals surface area (Å²) in [4.78, 5) is 25.1. The summed E-state index contributed by atoms with van der Waals surface area (Å²) >= 11 is 0. The van der Waals surface area contributed by atoms with Gasteiger partial charge in [0.25, 0.3) is 0 Å². The fourth-order valence-electron chi connectivity index (χ4n) is 0.963. The van der Waals surface area contributed by atoms with Gasteiger partial charge in [-0.1, -0.05) is 0 Å². The van der Waals surface area contributed by atoms with E-state index >= 15 is 0 Å². The summed E-state index contributed by atoms with van der Waals surface area (Å²) in [5.41, 5.74) is 0.490. The minimum atomic E-state index is -0.0504. The monoisotopic (exact) mass is 181 g/mol. The number of hydrogen-bond acceptors (Lipinski definition) is 3. The standard InChI is InChI=1S/C8H11N3O2/c1-9-8(13)2-3-11-6-10-4-7(11)5-12/h4-6H,2-3H2,1H3,(H,9,13). The van der Waals surface area contributed by atoms with Crippen LogP contribution in [0.25, 0.3) is 0 Å². The van der Waals surface area contributed by atoms with E-state index in [4.69, 9.17) is 0 Å². The Bertz CT molecular complexity index is 306. The molecule has 70 valence electrons. The van der Waals surface area contributed by atoms with Crippen molar-refractivity contribution in [2.75, 3.05) is 7.05 Å². The van der Waals surface area contributed by atoms with Crippen molar-refractivity contribution < 1.29 is 9.59 Å². The van der Waals surface area contributed by atoms with Gasteiger partial charge in [0, 0.05) is 20.0 Å². The first-order chi connectivity index (χ1) is 6.27. The highest BCUT2D eigenvalue weighted by Crippen LogP contribution is 1.97. The van der Waals surface area contributed by atoms with Gasteiger partial charge >= 0.3 is 0 Å². The zero-order valence-corrected chi connectivity index (χ0v) is 7.36. The predicted molar refractivity (Wildman–Crippen MR) is 46.3 cm³/mol. The number of aromatic nitrogens is 2. The van der Waals surface area contributed by atoms with Gasteiger partial charge < -0.3 is 9.88 Å². The Hall–Kier alpha value is -1.65. The molecule has 0 unspecified atom stereocenters. The van der Waals surface area contributed by atoms with Crippen LogP contribution in [0.5, 0.6) is 0 Å². The van der Waals surface area contributed by atoms with Gasteiger partial charge in [-0.05, 0) is 0 Å². The van der Waals surface area contributed by atoms with E-state index in [0.29, 0.717) is 18.7 Å². The Morgan fingerprint density at radius 1 is 1.77 bits per heavy atom. The van der Waals surface area contributed by atoms with Gasteiger partial charge in [0.1, 0.15) is 5.69 Å². The van der Waals surface area contributed by atoms with Crippen LogP contribution in [-0.4, -0.2) is 28.8 Å². The van der Waals surface area contributed by atoms with E-state index in [1.54, 1.807) is 11.6 Å². The summed E-state index contributed by atoms with van der Waals surface area (Å²) in [7, 11) is 1.58. The van der Waals surface area contributed by atoms with Crippen molar-refractivity contribution in [1.82, 2.24) is 14.9 Å². The van der Waals surface area contributed by atoms with Crippen molar-refractivity contribution in [3.63, 3.8) is 0 Å². The molecule has 0 saturated heterocycles. The normalized spacial score (nSPS) is 9.62. The second-order valence-corrected chi connectivity index (χ2v) is 2.55. The number of aryl methyl sites for hydroxylation is 1. The van der Waals surface area contributed by atoms with Crippen LogP contribution in [0.15, 0.2) is 12.5 Å². The number of rotatable bonds is 4. The third kappa shape index (κ3) is 2.40. The fourth-order valence-corrected chi connectivity index (χ4v) is 0.963. The van der Waals surface area contributed by atoms with Gasteiger partial charge in [0.05, 0.1) is 12.5 Å². The lowest BCUT2D eigenvalue weighted by Crippen LogP contribution is -2.19. The molecule has 1 N–H and O–H groups in total. The van der Waals surface area contributed by atoms with Gasteiger partial charge in [0.2, 0.25) is 5.91 Å². The number of nitrogens with zero attached hydrogens (tertiary/aromatic N) is 2. The molecular formula is C8H11N3O2. The maximum Gasteiger partial charge on any atom is 0.221 e. The SMILES string of the molecule is CNC(=O)CCn1cncc1C=O. The third-order valence-corrected chi connectivity index (χ3v) is 1.72. The molecule has 0 aromatic carbocycles. The molecule has 1 rings (SSSR count). The van der Waals surface area contributed by atoms with E-state index < -0.39 is 0 Å². The highest BCUT2D eigenvalue weighted by molar-refractivity contribution is 5.75. The molecular weight excluding hydrogens is 170 g/mol. The van der Waals surface area contributed by atoms with E-state index in [2.05, 4.69) is 10.3 Å². The van der Waals surface area contributed by atoms with Gasteiger partial charge in [-0.2, -0.15) is 0 Å². The van der Waals surface area contributed by atoms with Crippen molar-refractivity contribution in [2.45, 2.75) is 13.0 Å². The van der Waals surface area contributed by atoms with Crippen LogP contribution in [0.3, 0.4) is 0 Å². The number of aldehydes is 1. The summed E-state index contributed by atoms with van der Waals surface area (Å²) < 4.78 is 1.64.